The normalized spacial score (nSPS) is 11.5. The van der Waals surface area contributed by atoms with Gasteiger partial charge in [-0.25, -0.2) is 14.3 Å². The number of fused-ring (bicyclic) bond motifs is 1. The predicted octanol–water partition coefficient (Wildman–Crippen LogP) is 10.7. The average Bonchev–Trinajstić information content (AvgIpc) is 3.42. The molecule has 0 fully saturated rings. The fourth-order valence-corrected chi connectivity index (χ4v) is 5.75. The number of carbonyl (C=O) groups is 1. The number of ether oxygens (including phenoxy) is 1. The standard InChI is InChI=1S/C32H47Cl2N3O2/c1-4-5-6-7-8-9-10-11-12-13-14-15-16-17-18-19-22-39-32(38)30-29(27-23-26(33)20-21-28(27)34)24(2)37-31(30)35-25(3)36-37/h20-21,23H,4-19,22H2,1-3H3,(H,35,36). The summed E-state index contributed by atoms with van der Waals surface area (Å²) >= 11 is 12.8. The van der Waals surface area contributed by atoms with Crippen molar-refractivity contribution in [3.8, 4) is 11.1 Å². The van der Waals surface area contributed by atoms with Crippen molar-refractivity contribution >= 4 is 34.8 Å². The van der Waals surface area contributed by atoms with Crippen molar-refractivity contribution in [2.75, 3.05) is 6.61 Å². The first-order chi connectivity index (χ1) is 18.9. The topological polar surface area (TPSA) is 59.4 Å². The molecule has 0 aliphatic rings. The minimum absolute atomic E-state index is 0.376. The Bertz CT molecular complexity index is 1170. The zero-order valence-corrected chi connectivity index (χ0v) is 25.7. The van der Waals surface area contributed by atoms with Gasteiger partial charge < -0.3 is 4.74 Å². The van der Waals surface area contributed by atoms with E-state index in [9.17, 15) is 4.79 Å². The van der Waals surface area contributed by atoms with E-state index in [4.69, 9.17) is 27.9 Å². The smallest absolute Gasteiger partial charge is 0.342 e. The van der Waals surface area contributed by atoms with E-state index in [1.54, 1.807) is 18.2 Å². The van der Waals surface area contributed by atoms with Crippen LogP contribution in [0, 0.1) is 13.8 Å². The predicted molar refractivity (Wildman–Crippen MR) is 164 cm³/mol. The van der Waals surface area contributed by atoms with Gasteiger partial charge in [0.25, 0.3) is 0 Å². The Kier molecular flexibility index (Phi) is 13.7. The zero-order chi connectivity index (χ0) is 28.0. The molecule has 0 amide bonds. The number of H-pyrrole nitrogens is 1. The quantitative estimate of drug-likeness (QED) is 0.114. The SMILES string of the molecule is CCCCCCCCCCCCCCCCCCOC(=O)c1c(-c2cc(Cl)ccc2Cl)c(C)n2[nH]c(C)nc12. The largest absolute Gasteiger partial charge is 0.462 e. The molecule has 0 saturated carbocycles. The van der Waals surface area contributed by atoms with Crippen LogP contribution in [0.15, 0.2) is 18.2 Å². The summed E-state index contributed by atoms with van der Waals surface area (Å²) in [7, 11) is 0. The van der Waals surface area contributed by atoms with E-state index >= 15 is 0 Å². The van der Waals surface area contributed by atoms with Crippen molar-refractivity contribution < 1.29 is 9.53 Å². The van der Waals surface area contributed by atoms with Gasteiger partial charge in [0.05, 0.1) is 6.61 Å². The molecule has 7 heteroatoms. The van der Waals surface area contributed by atoms with E-state index in [0.717, 1.165) is 24.4 Å². The van der Waals surface area contributed by atoms with Crippen LogP contribution in [0.25, 0.3) is 16.8 Å². The minimum Gasteiger partial charge on any atom is -0.462 e. The molecule has 39 heavy (non-hydrogen) atoms. The van der Waals surface area contributed by atoms with E-state index in [1.165, 1.54) is 89.9 Å². The highest BCUT2D eigenvalue weighted by atomic mass is 35.5. The Morgan fingerprint density at radius 1 is 0.846 bits per heavy atom. The summed E-state index contributed by atoms with van der Waals surface area (Å²) in [6.07, 6.45) is 21.0. The number of halogens is 2. The number of benzene rings is 1. The number of rotatable bonds is 19. The van der Waals surface area contributed by atoms with Crippen molar-refractivity contribution in [3.05, 3.63) is 45.3 Å². The first-order valence-corrected chi connectivity index (χ1v) is 15.9. The van der Waals surface area contributed by atoms with E-state index < -0.39 is 0 Å². The first-order valence-electron chi connectivity index (χ1n) is 15.1. The van der Waals surface area contributed by atoms with E-state index in [-0.39, 0.29) is 5.97 Å². The summed E-state index contributed by atoms with van der Waals surface area (Å²) in [5.74, 6) is 0.350. The number of unbranched alkanes of at least 4 members (excludes halogenated alkanes) is 15. The van der Waals surface area contributed by atoms with Gasteiger partial charge in [-0.05, 0) is 38.5 Å². The lowest BCUT2D eigenvalue weighted by atomic mass is 10.0. The fraction of sp³-hybridized carbons (Fsp3) is 0.625. The van der Waals surface area contributed by atoms with E-state index in [2.05, 4.69) is 17.0 Å². The Balaban J connectivity index is 1.35. The molecule has 0 aliphatic heterocycles. The second-order valence-corrected chi connectivity index (χ2v) is 11.7. The lowest BCUT2D eigenvalue weighted by Gasteiger charge is -2.09. The fourth-order valence-electron chi connectivity index (χ4n) is 5.36. The molecular weight excluding hydrogens is 529 g/mol. The third-order valence-corrected chi connectivity index (χ3v) is 8.13. The molecule has 0 aliphatic carbocycles. The van der Waals surface area contributed by atoms with Crippen LogP contribution in [0.1, 0.15) is 132 Å². The van der Waals surface area contributed by atoms with Gasteiger partial charge in [0.1, 0.15) is 11.4 Å². The summed E-state index contributed by atoms with van der Waals surface area (Å²) < 4.78 is 7.54. The van der Waals surface area contributed by atoms with Crippen LogP contribution in [-0.4, -0.2) is 27.2 Å². The Morgan fingerprint density at radius 3 is 1.95 bits per heavy atom. The number of hydrogen-bond donors (Lipinski definition) is 1. The molecule has 2 heterocycles. The van der Waals surface area contributed by atoms with Crippen LogP contribution in [-0.2, 0) is 4.74 Å². The van der Waals surface area contributed by atoms with Crippen LogP contribution < -0.4 is 0 Å². The number of esters is 1. The van der Waals surface area contributed by atoms with Crippen molar-refractivity contribution in [2.24, 2.45) is 0 Å². The number of nitrogens with one attached hydrogen (secondary N) is 1. The molecular formula is C32H47Cl2N3O2. The van der Waals surface area contributed by atoms with Gasteiger partial charge in [0.15, 0.2) is 5.65 Å². The molecule has 2 aromatic heterocycles. The van der Waals surface area contributed by atoms with Gasteiger partial charge >= 0.3 is 5.97 Å². The molecule has 0 bridgehead atoms. The van der Waals surface area contributed by atoms with Gasteiger partial charge in [0.2, 0.25) is 0 Å². The third-order valence-electron chi connectivity index (χ3n) is 7.56. The Morgan fingerprint density at radius 2 is 1.38 bits per heavy atom. The third kappa shape index (κ3) is 9.56. The number of carbonyl (C=O) groups excluding carboxylic acids is 1. The number of aromatic nitrogens is 3. The van der Waals surface area contributed by atoms with Crippen LogP contribution in [0.3, 0.4) is 0 Å². The highest BCUT2D eigenvalue weighted by molar-refractivity contribution is 6.35. The minimum atomic E-state index is -0.376. The molecule has 0 saturated heterocycles. The van der Waals surface area contributed by atoms with Gasteiger partial charge in [-0.2, -0.15) is 0 Å². The summed E-state index contributed by atoms with van der Waals surface area (Å²) in [5.41, 5.74) is 3.22. The zero-order valence-electron chi connectivity index (χ0n) is 24.2. The van der Waals surface area contributed by atoms with Gasteiger partial charge in [-0.15, -0.1) is 0 Å². The number of hydrogen-bond acceptors (Lipinski definition) is 3. The van der Waals surface area contributed by atoms with E-state index in [1.807, 2.05) is 18.4 Å². The lowest BCUT2D eigenvalue weighted by molar-refractivity contribution is 0.0500. The summed E-state index contributed by atoms with van der Waals surface area (Å²) in [5, 5.41) is 4.28. The van der Waals surface area contributed by atoms with Gasteiger partial charge in [0, 0.05) is 26.9 Å². The molecule has 1 aromatic carbocycles. The second-order valence-electron chi connectivity index (χ2n) is 10.9. The molecule has 0 radical (unpaired) electrons. The van der Waals surface area contributed by atoms with Crippen molar-refractivity contribution in [1.29, 1.82) is 0 Å². The Labute approximate surface area is 245 Å². The van der Waals surface area contributed by atoms with Crippen LogP contribution >= 0.6 is 23.2 Å². The number of nitrogens with zero attached hydrogens (tertiary/aromatic N) is 2. The maximum absolute atomic E-state index is 13.3. The monoisotopic (exact) mass is 575 g/mol. The van der Waals surface area contributed by atoms with Crippen LogP contribution in [0.2, 0.25) is 10.0 Å². The molecule has 0 unspecified atom stereocenters. The summed E-state index contributed by atoms with van der Waals surface area (Å²) in [6, 6.07) is 5.27. The molecule has 0 spiro atoms. The number of aromatic amines is 1. The Hall–Kier alpha value is -1.98. The van der Waals surface area contributed by atoms with Crippen LogP contribution in [0.4, 0.5) is 0 Å². The van der Waals surface area contributed by atoms with Crippen LogP contribution in [0.5, 0.6) is 0 Å². The highest BCUT2D eigenvalue weighted by Crippen LogP contribution is 2.38. The molecule has 3 rings (SSSR count). The summed E-state index contributed by atoms with van der Waals surface area (Å²) in [4.78, 5) is 17.8. The van der Waals surface area contributed by atoms with Crippen molar-refractivity contribution in [2.45, 2.75) is 124 Å². The average molecular weight is 577 g/mol. The van der Waals surface area contributed by atoms with Crippen molar-refractivity contribution in [3.63, 3.8) is 0 Å². The maximum atomic E-state index is 13.3. The molecule has 0 atom stereocenters. The second kappa shape index (κ2) is 17.0. The first kappa shape index (κ1) is 31.5. The summed E-state index contributed by atoms with van der Waals surface area (Å²) in [6.45, 7) is 6.48. The molecule has 216 valence electrons. The van der Waals surface area contributed by atoms with Gasteiger partial charge in [-0.3, -0.25) is 5.10 Å². The van der Waals surface area contributed by atoms with E-state index in [0.29, 0.717) is 39.0 Å². The number of aryl methyl sites for hydroxylation is 2. The highest BCUT2D eigenvalue weighted by Gasteiger charge is 2.27. The van der Waals surface area contributed by atoms with Gasteiger partial charge in [-0.1, -0.05) is 126 Å². The lowest BCUT2D eigenvalue weighted by Crippen LogP contribution is -2.08. The maximum Gasteiger partial charge on any atom is 0.342 e. The molecule has 3 aromatic rings. The van der Waals surface area contributed by atoms with Crippen molar-refractivity contribution in [1.82, 2.24) is 14.6 Å². The molecule has 1 N–H and O–H groups in total. The molecule has 5 nitrogen and oxygen atoms in total.